The van der Waals surface area contributed by atoms with Crippen LogP contribution in [0.4, 0.5) is 0 Å². The molecule has 1 heterocycles. The number of aromatic nitrogens is 2. The minimum Gasteiger partial charge on any atom is -0.307 e. The molecule has 3 nitrogen and oxygen atoms in total. The summed E-state index contributed by atoms with van der Waals surface area (Å²) in [5.41, 5.74) is 2.42. The molecule has 2 unspecified atom stereocenters. The molecule has 0 amide bonds. The monoisotopic (exact) mass is 241 g/mol. The highest BCUT2D eigenvalue weighted by atomic mass is 32.2. The molecule has 0 aliphatic carbocycles. The van der Waals surface area contributed by atoms with Crippen molar-refractivity contribution in [1.82, 2.24) is 15.1 Å². The maximum atomic E-state index is 4.37. The van der Waals surface area contributed by atoms with Crippen LogP contribution < -0.4 is 5.32 Å². The molecule has 1 rings (SSSR count). The second-order valence-electron chi connectivity index (χ2n) is 4.29. The molecule has 1 aromatic rings. The Bertz CT molecular complexity index is 322. The van der Waals surface area contributed by atoms with Gasteiger partial charge in [0.15, 0.2) is 0 Å². The summed E-state index contributed by atoms with van der Waals surface area (Å²) >= 11 is 1.98. The van der Waals surface area contributed by atoms with Crippen molar-refractivity contribution < 1.29 is 0 Å². The Hall–Kier alpha value is -0.480. The molecule has 0 spiro atoms. The first-order valence-electron chi connectivity index (χ1n) is 5.88. The van der Waals surface area contributed by atoms with Crippen molar-refractivity contribution >= 4 is 11.8 Å². The third-order valence-corrected chi connectivity index (χ3v) is 3.77. The fourth-order valence-electron chi connectivity index (χ4n) is 1.90. The molecule has 0 radical (unpaired) electrons. The molecule has 16 heavy (non-hydrogen) atoms. The van der Waals surface area contributed by atoms with Gasteiger partial charge >= 0.3 is 0 Å². The number of nitrogens with zero attached hydrogens (tertiary/aromatic N) is 2. The zero-order chi connectivity index (χ0) is 12.1. The Morgan fingerprint density at radius 2 is 2.19 bits per heavy atom. The van der Waals surface area contributed by atoms with Crippen LogP contribution in [-0.2, 0) is 7.05 Å². The molecule has 92 valence electrons. The molecule has 0 saturated carbocycles. The van der Waals surface area contributed by atoms with Crippen LogP contribution in [-0.4, -0.2) is 27.3 Å². The first kappa shape index (κ1) is 13.6. The van der Waals surface area contributed by atoms with Crippen molar-refractivity contribution in [1.29, 1.82) is 0 Å². The molecule has 1 aromatic heterocycles. The highest BCUT2D eigenvalue weighted by molar-refractivity contribution is 7.99. The zero-order valence-corrected chi connectivity index (χ0v) is 11.8. The maximum Gasteiger partial charge on any atom is 0.0641 e. The SMILES string of the molecule is CCSCC(C)NC(C)c1cn(C)nc1C. The van der Waals surface area contributed by atoms with Gasteiger partial charge in [0.05, 0.1) is 5.69 Å². The van der Waals surface area contributed by atoms with E-state index in [1.165, 1.54) is 17.1 Å². The Labute approximate surface area is 103 Å². The van der Waals surface area contributed by atoms with Crippen LogP contribution in [0.1, 0.15) is 38.1 Å². The molecular weight excluding hydrogens is 218 g/mol. The van der Waals surface area contributed by atoms with Gasteiger partial charge in [0, 0.05) is 36.6 Å². The number of rotatable bonds is 6. The van der Waals surface area contributed by atoms with Gasteiger partial charge in [0.2, 0.25) is 0 Å². The normalized spacial score (nSPS) is 15.1. The average Bonchev–Trinajstić information content (AvgIpc) is 2.54. The number of thioether (sulfide) groups is 1. The summed E-state index contributed by atoms with van der Waals surface area (Å²) < 4.78 is 1.88. The first-order chi connectivity index (χ1) is 7.54. The van der Waals surface area contributed by atoms with Gasteiger partial charge in [-0.15, -0.1) is 0 Å². The minimum atomic E-state index is 0.376. The summed E-state index contributed by atoms with van der Waals surface area (Å²) in [5.74, 6) is 2.35. The van der Waals surface area contributed by atoms with Crippen LogP contribution in [0.5, 0.6) is 0 Å². The predicted octanol–water partition coefficient (Wildman–Crippen LogP) is 2.52. The molecule has 2 atom stereocenters. The Morgan fingerprint density at radius 1 is 1.50 bits per heavy atom. The summed E-state index contributed by atoms with van der Waals surface area (Å²) in [6, 6.07) is 0.917. The van der Waals surface area contributed by atoms with E-state index in [1.807, 2.05) is 23.5 Å². The lowest BCUT2D eigenvalue weighted by Gasteiger charge is -2.19. The Morgan fingerprint density at radius 3 is 2.69 bits per heavy atom. The fourth-order valence-corrected chi connectivity index (χ4v) is 2.59. The Kier molecular flexibility index (Phi) is 5.35. The van der Waals surface area contributed by atoms with Gasteiger partial charge in [-0.1, -0.05) is 6.92 Å². The average molecular weight is 241 g/mol. The van der Waals surface area contributed by atoms with E-state index in [4.69, 9.17) is 0 Å². The van der Waals surface area contributed by atoms with Crippen molar-refractivity contribution in [2.45, 2.75) is 39.8 Å². The van der Waals surface area contributed by atoms with Crippen LogP contribution in [0.2, 0.25) is 0 Å². The summed E-state index contributed by atoms with van der Waals surface area (Å²) in [6.07, 6.45) is 2.10. The summed E-state index contributed by atoms with van der Waals surface area (Å²) in [6.45, 7) is 8.72. The highest BCUT2D eigenvalue weighted by Gasteiger charge is 2.13. The third-order valence-electron chi connectivity index (χ3n) is 2.62. The molecule has 0 aliphatic heterocycles. The van der Waals surface area contributed by atoms with Gasteiger partial charge in [-0.3, -0.25) is 4.68 Å². The minimum absolute atomic E-state index is 0.376. The van der Waals surface area contributed by atoms with E-state index >= 15 is 0 Å². The zero-order valence-electron chi connectivity index (χ0n) is 10.9. The van der Waals surface area contributed by atoms with E-state index in [0.717, 1.165) is 5.69 Å². The molecule has 1 N–H and O–H groups in total. The van der Waals surface area contributed by atoms with Crippen LogP contribution in [0, 0.1) is 6.92 Å². The van der Waals surface area contributed by atoms with Gasteiger partial charge in [-0.2, -0.15) is 16.9 Å². The van der Waals surface area contributed by atoms with Crippen molar-refractivity contribution in [3.05, 3.63) is 17.5 Å². The van der Waals surface area contributed by atoms with Crippen molar-refractivity contribution in [2.75, 3.05) is 11.5 Å². The standard InChI is InChI=1S/C12H23N3S/c1-6-16-8-9(2)13-10(3)12-7-15(5)14-11(12)4/h7,9-10,13H,6,8H2,1-5H3. The molecule has 0 aliphatic rings. The topological polar surface area (TPSA) is 29.9 Å². The van der Waals surface area contributed by atoms with E-state index in [-0.39, 0.29) is 0 Å². The summed E-state index contributed by atoms with van der Waals surface area (Å²) in [5, 5.41) is 7.98. The summed E-state index contributed by atoms with van der Waals surface area (Å²) in [7, 11) is 1.97. The largest absolute Gasteiger partial charge is 0.307 e. The smallest absolute Gasteiger partial charge is 0.0641 e. The van der Waals surface area contributed by atoms with Crippen molar-refractivity contribution in [3.63, 3.8) is 0 Å². The van der Waals surface area contributed by atoms with Crippen molar-refractivity contribution in [3.8, 4) is 0 Å². The maximum absolute atomic E-state index is 4.37. The molecule has 0 bridgehead atoms. The first-order valence-corrected chi connectivity index (χ1v) is 7.04. The van der Waals surface area contributed by atoms with Crippen molar-refractivity contribution in [2.24, 2.45) is 7.05 Å². The van der Waals surface area contributed by atoms with E-state index < -0.39 is 0 Å². The second kappa shape index (κ2) is 6.30. The van der Waals surface area contributed by atoms with Gasteiger partial charge in [0.25, 0.3) is 0 Å². The van der Waals surface area contributed by atoms with Gasteiger partial charge < -0.3 is 5.32 Å². The lowest BCUT2D eigenvalue weighted by Crippen LogP contribution is -2.31. The van der Waals surface area contributed by atoms with E-state index in [9.17, 15) is 0 Å². The van der Waals surface area contributed by atoms with E-state index in [0.29, 0.717) is 12.1 Å². The van der Waals surface area contributed by atoms with Crippen LogP contribution in [0.15, 0.2) is 6.20 Å². The molecule has 0 saturated heterocycles. The molecular formula is C12H23N3S. The molecule has 4 heteroatoms. The lowest BCUT2D eigenvalue weighted by atomic mass is 10.1. The second-order valence-corrected chi connectivity index (χ2v) is 5.61. The quantitative estimate of drug-likeness (QED) is 0.830. The molecule has 0 aromatic carbocycles. The van der Waals surface area contributed by atoms with E-state index in [1.54, 1.807) is 0 Å². The lowest BCUT2D eigenvalue weighted by molar-refractivity contribution is 0.509. The Balaban J connectivity index is 2.51. The number of hydrogen-bond donors (Lipinski definition) is 1. The van der Waals surface area contributed by atoms with Gasteiger partial charge in [-0.25, -0.2) is 0 Å². The number of hydrogen-bond acceptors (Lipinski definition) is 3. The van der Waals surface area contributed by atoms with Crippen LogP contribution in [0.3, 0.4) is 0 Å². The number of nitrogens with one attached hydrogen (secondary N) is 1. The summed E-state index contributed by atoms with van der Waals surface area (Å²) in [4.78, 5) is 0. The van der Waals surface area contributed by atoms with Gasteiger partial charge in [0.1, 0.15) is 0 Å². The highest BCUT2D eigenvalue weighted by Crippen LogP contribution is 2.16. The van der Waals surface area contributed by atoms with Crippen LogP contribution >= 0.6 is 11.8 Å². The van der Waals surface area contributed by atoms with Gasteiger partial charge in [-0.05, 0) is 26.5 Å². The number of aryl methyl sites for hydroxylation is 2. The fraction of sp³-hybridized carbons (Fsp3) is 0.750. The van der Waals surface area contributed by atoms with E-state index in [2.05, 4.69) is 44.3 Å². The predicted molar refractivity (Wildman–Crippen MR) is 72.0 cm³/mol. The molecule has 0 fully saturated rings. The van der Waals surface area contributed by atoms with Crippen LogP contribution in [0.25, 0.3) is 0 Å². The third kappa shape index (κ3) is 3.83.